The van der Waals surface area contributed by atoms with Crippen LogP contribution >= 0.6 is 0 Å². The molecule has 1 unspecified atom stereocenters. The number of halogens is 2. The van der Waals surface area contributed by atoms with Crippen molar-refractivity contribution >= 4 is 5.97 Å². The number of rotatable bonds is 6. The van der Waals surface area contributed by atoms with Gasteiger partial charge in [0.05, 0.1) is 5.92 Å². The van der Waals surface area contributed by atoms with Crippen LogP contribution in [0.5, 0.6) is 5.75 Å². The zero-order valence-electron chi connectivity index (χ0n) is 12.4. The van der Waals surface area contributed by atoms with Gasteiger partial charge >= 0.3 is 12.6 Å². The van der Waals surface area contributed by atoms with Crippen LogP contribution in [-0.2, 0) is 16.0 Å². The van der Waals surface area contributed by atoms with E-state index in [1.54, 1.807) is 39.0 Å². The molecule has 0 aliphatic rings. The number of carbonyl (C=O) groups excluding carboxylic acids is 1. The van der Waals surface area contributed by atoms with Crippen LogP contribution in [0.15, 0.2) is 24.3 Å². The average molecular weight is 301 g/mol. The SMILES string of the molecule is CC(C)(C)OC(=O)C(CN)Cc1ccccc1OC(F)F. The summed E-state index contributed by atoms with van der Waals surface area (Å²) in [5, 5.41) is 0. The Bertz CT molecular complexity index is 472. The van der Waals surface area contributed by atoms with Crippen LogP contribution in [0.25, 0.3) is 0 Å². The van der Waals surface area contributed by atoms with Gasteiger partial charge in [0.2, 0.25) is 0 Å². The van der Waals surface area contributed by atoms with E-state index in [-0.39, 0.29) is 18.7 Å². The molecule has 6 heteroatoms. The fraction of sp³-hybridized carbons (Fsp3) is 0.533. The number of hydrogen-bond donors (Lipinski definition) is 1. The van der Waals surface area contributed by atoms with E-state index in [0.717, 1.165) is 0 Å². The maximum Gasteiger partial charge on any atom is 0.387 e. The van der Waals surface area contributed by atoms with E-state index in [4.69, 9.17) is 10.5 Å². The van der Waals surface area contributed by atoms with Crippen molar-refractivity contribution in [3.05, 3.63) is 29.8 Å². The van der Waals surface area contributed by atoms with Gasteiger partial charge in [-0.05, 0) is 38.8 Å². The molecule has 0 bridgehead atoms. The average Bonchev–Trinajstić information content (AvgIpc) is 2.34. The Kier molecular flexibility index (Phi) is 6.08. The standard InChI is InChI=1S/C15H21F2NO3/c1-15(2,3)21-13(19)11(9-18)8-10-6-4-5-7-12(10)20-14(16)17/h4-7,11,14H,8-9,18H2,1-3H3. The normalized spacial score (nSPS) is 13.1. The number of nitrogens with two attached hydrogens (primary N) is 1. The fourth-order valence-electron chi connectivity index (χ4n) is 1.80. The summed E-state index contributed by atoms with van der Waals surface area (Å²) in [6.07, 6.45) is 0.189. The molecular weight excluding hydrogens is 280 g/mol. The summed E-state index contributed by atoms with van der Waals surface area (Å²) in [6, 6.07) is 6.34. The van der Waals surface area contributed by atoms with Crippen molar-refractivity contribution in [3.8, 4) is 5.75 Å². The molecule has 0 amide bonds. The van der Waals surface area contributed by atoms with Crippen LogP contribution in [0.4, 0.5) is 8.78 Å². The van der Waals surface area contributed by atoms with E-state index in [9.17, 15) is 13.6 Å². The predicted octanol–water partition coefficient (Wildman–Crippen LogP) is 2.75. The molecule has 0 aromatic heterocycles. The third-order valence-corrected chi connectivity index (χ3v) is 2.68. The van der Waals surface area contributed by atoms with Crippen molar-refractivity contribution < 1.29 is 23.0 Å². The molecule has 0 radical (unpaired) electrons. The molecule has 0 aliphatic heterocycles. The summed E-state index contributed by atoms with van der Waals surface area (Å²) < 4.78 is 34.4. The Balaban J connectivity index is 2.84. The smallest absolute Gasteiger partial charge is 0.387 e. The lowest BCUT2D eigenvalue weighted by molar-refractivity contribution is -0.159. The Morgan fingerprint density at radius 1 is 1.29 bits per heavy atom. The maximum atomic E-state index is 12.4. The van der Waals surface area contributed by atoms with Gasteiger partial charge in [0.25, 0.3) is 0 Å². The molecule has 0 spiro atoms. The summed E-state index contributed by atoms with van der Waals surface area (Å²) in [7, 11) is 0. The van der Waals surface area contributed by atoms with Gasteiger partial charge in [-0.25, -0.2) is 0 Å². The number of alkyl halides is 2. The third-order valence-electron chi connectivity index (χ3n) is 2.68. The van der Waals surface area contributed by atoms with Gasteiger partial charge in [0.15, 0.2) is 0 Å². The molecule has 0 aliphatic carbocycles. The van der Waals surface area contributed by atoms with Crippen molar-refractivity contribution in [1.82, 2.24) is 0 Å². The first-order valence-corrected chi connectivity index (χ1v) is 6.68. The Labute approximate surface area is 123 Å². The lowest BCUT2D eigenvalue weighted by Gasteiger charge is -2.23. The Morgan fingerprint density at radius 3 is 2.43 bits per heavy atom. The lowest BCUT2D eigenvalue weighted by Crippen LogP contribution is -2.33. The second kappa shape index (κ2) is 7.36. The molecule has 1 aromatic carbocycles. The third kappa shape index (κ3) is 6.08. The van der Waals surface area contributed by atoms with E-state index in [2.05, 4.69) is 4.74 Å². The van der Waals surface area contributed by atoms with Gasteiger partial charge in [-0.1, -0.05) is 18.2 Å². The minimum atomic E-state index is -2.91. The molecule has 0 saturated heterocycles. The molecule has 4 nitrogen and oxygen atoms in total. The number of carbonyl (C=O) groups is 1. The first-order chi connectivity index (χ1) is 9.73. The van der Waals surface area contributed by atoms with Crippen LogP contribution < -0.4 is 10.5 Å². The quantitative estimate of drug-likeness (QED) is 0.821. The van der Waals surface area contributed by atoms with Gasteiger partial charge < -0.3 is 15.2 Å². The molecule has 0 heterocycles. The van der Waals surface area contributed by atoms with E-state index in [1.165, 1.54) is 6.07 Å². The molecule has 0 fully saturated rings. The molecule has 1 rings (SSSR count). The van der Waals surface area contributed by atoms with Crippen LogP contribution in [-0.4, -0.2) is 24.7 Å². The monoisotopic (exact) mass is 301 g/mol. The highest BCUT2D eigenvalue weighted by Gasteiger charge is 2.25. The zero-order chi connectivity index (χ0) is 16.0. The maximum absolute atomic E-state index is 12.4. The molecule has 21 heavy (non-hydrogen) atoms. The first-order valence-electron chi connectivity index (χ1n) is 6.68. The highest BCUT2D eigenvalue weighted by atomic mass is 19.3. The van der Waals surface area contributed by atoms with Crippen molar-refractivity contribution in [2.45, 2.75) is 39.4 Å². The molecule has 0 saturated carbocycles. The number of esters is 1. The predicted molar refractivity (Wildman–Crippen MR) is 75.2 cm³/mol. The van der Waals surface area contributed by atoms with E-state index in [0.29, 0.717) is 5.56 Å². The van der Waals surface area contributed by atoms with Crippen LogP contribution in [0.3, 0.4) is 0 Å². The number of ether oxygens (including phenoxy) is 2. The molecule has 118 valence electrons. The molecular formula is C15H21F2NO3. The molecule has 2 N–H and O–H groups in total. The van der Waals surface area contributed by atoms with Gasteiger partial charge in [0, 0.05) is 6.54 Å². The Morgan fingerprint density at radius 2 is 1.90 bits per heavy atom. The first kappa shape index (κ1) is 17.4. The minimum Gasteiger partial charge on any atom is -0.460 e. The number of para-hydroxylation sites is 1. The van der Waals surface area contributed by atoms with Crippen molar-refractivity contribution in [2.24, 2.45) is 11.7 Å². The fourth-order valence-corrected chi connectivity index (χ4v) is 1.80. The Hall–Kier alpha value is -1.69. The largest absolute Gasteiger partial charge is 0.460 e. The molecule has 1 atom stereocenters. The second-order valence-electron chi connectivity index (χ2n) is 5.66. The summed E-state index contributed by atoms with van der Waals surface area (Å²) >= 11 is 0. The van der Waals surface area contributed by atoms with Crippen molar-refractivity contribution in [1.29, 1.82) is 0 Å². The summed E-state index contributed by atoms with van der Waals surface area (Å²) in [5.41, 5.74) is 5.48. The summed E-state index contributed by atoms with van der Waals surface area (Å²) in [6.45, 7) is 2.42. The zero-order valence-corrected chi connectivity index (χ0v) is 12.4. The number of hydrogen-bond acceptors (Lipinski definition) is 4. The number of benzene rings is 1. The highest BCUT2D eigenvalue weighted by Crippen LogP contribution is 2.24. The topological polar surface area (TPSA) is 61.5 Å². The van der Waals surface area contributed by atoms with Crippen LogP contribution in [0.2, 0.25) is 0 Å². The second-order valence-corrected chi connectivity index (χ2v) is 5.66. The van der Waals surface area contributed by atoms with Gasteiger partial charge in [-0.2, -0.15) is 8.78 Å². The van der Waals surface area contributed by atoms with Crippen molar-refractivity contribution in [2.75, 3.05) is 6.54 Å². The van der Waals surface area contributed by atoms with E-state index >= 15 is 0 Å². The summed E-state index contributed by atoms with van der Waals surface area (Å²) in [4.78, 5) is 12.0. The minimum absolute atomic E-state index is 0.0505. The van der Waals surface area contributed by atoms with Crippen LogP contribution in [0.1, 0.15) is 26.3 Å². The van der Waals surface area contributed by atoms with Gasteiger partial charge in [0.1, 0.15) is 11.4 Å². The van der Waals surface area contributed by atoms with Crippen LogP contribution in [0, 0.1) is 5.92 Å². The van der Waals surface area contributed by atoms with Gasteiger partial charge in [-0.3, -0.25) is 4.79 Å². The molecule has 1 aromatic rings. The van der Waals surface area contributed by atoms with Gasteiger partial charge in [-0.15, -0.1) is 0 Å². The summed E-state index contributed by atoms with van der Waals surface area (Å²) in [5.74, 6) is -1.00. The van der Waals surface area contributed by atoms with Crippen molar-refractivity contribution in [3.63, 3.8) is 0 Å². The lowest BCUT2D eigenvalue weighted by atomic mass is 9.98. The van der Waals surface area contributed by atoms with E-state index in [1.807, 2.05) is 0 Å². The van der Waals surface area contributed by atoms with E-state index < -0.39 is 24.1 Å². The highest BCUT2D eigenvalue weighted by molar-refractivity contribution is 5.73.